The highest BCUT2D eigenvalue weighted by molar-refractivity contribution is 6.58. The standard InChI is InChI=1S/C8H14BN3O2/c1-3-12(4-2)8-10-5-7(6-11-8)9(13)14/h5-6,13-14H,3-4H2,1-2H3. The van der Waals surface area contributed by atoms with Gasteiger partial charge in [0.15, 0.2) is 0 Å². The second kappa shape index (κ2) is 4.92. The van der Waals surface area contributed by atoms with E-state index < -0.39 is 7.12 Å². The lowest BCUT2D eigenvalue weighted by Crippen LogP contribution is -2.32. The van der Waals surface area contributed by atoms with Gasteiger partial charge in [-0.05, 0) is 13.8 Å². The minimum Gasteiger partial charge on any atom is -0.423 e. The molecule has 0 aliphatic carbocycles. The summed E-state index contributed by atoms with van der Waals surface area (Å²) in [6.07, 6.45) is 2.84. The van der Waals surface area contributed by atoms with E-state index in [1.165, 1.54) is 12.4 Å². The third-order valence-corrected chi connectivity index (χ3v) is 2.00. The van der Waals surface area contributed by atoms with Gasteiger partial charge in [0, 0.05) is 30.9 Å². The average Bonchev–Trinajstić information content (AvgIpc) is 2.20. The number of rotatable bonds is 4. The first-order chi connectivity index (χ1) is 6.69. The minimum absolute atomic E-state index is 0.306. The van der Waals surface area contributed by atoms with Gasteiger partial charge in [-0.2, -0.15) is 0 Å². The molecule has 76 valence electrons. The normalized spacial score (nSPS) is 10.0. The number of aromatic nitrogens is 2. The van der Waals surface area contributed by atoms with E-state index in [9.17, 15) is 0 Å². The van der Waals surface area contributed by atoms with Gasteiger partial charge in [-0.25, -0.2) is 9.97 Å². The van der Waals surface area contributed by atoms with E-state index in [-0.39, 0.29) is 0 Å². The lowest BCUT2D eigenvalue weighted by atomic mass is 9.83. The second-order valence-electron chi connectivity index (χ2n) is 2.86. The third-order valence-electron chi connectivity index (χ3n) is 2.00. The molecule has 0 saturated carbocycles. The van der Waals surface area contributed by atoms with Crippen molar-refractivity contribution in [1.29, 1.82) is 0 Å². The van der Waals surface area contributed by atoms with Crippen molar-refractivity contribution < 1.29 is 10.0 Å². The average molecular weight is 195 g/mol. The zero-order valence-corrected chi connectivity index (χ0v) is 8.38. The molecule has 0 fully saturated rings. The fraction of sp³-hybridized carbons (Fsp3) is 0.500. The van der Waals surface area contributed by atoms with Crippen LogP contribution in [0.5, 0.6) is 0 Å². The zero-order chi connectivity index (χ0) is 10.6. The Hall–Kier alpha value is -1.14. The van der Waals surface area contributed by atoms with Crippen LogP contribution >= 0.6 is 0 Å². The van der Waals surface area contributed by atoms with Crippen LogP contribution < -0.4 is 10.4 Å². The quantitative estimate of drug-likeness (QED) is 0.603. The monoisotopic (exact) mass is 195 g/mol. The molecular weight excluding hydrogens is 181 g/mol. The summed E-state index contributed by atoms with van der Waals surface area (Å²) in [4.78, 5) is 10.1. The summed E-state index contributed by atoms with van der Waals surface area (Å²) < 4.78 is 0. The maximum atomic E-state index is 8.83. The van der Waals surface area contributed by atoms with E-state index in [4.69, 9.17) is 10.0 Å². The van der Waals surface area contributed by atoms with Crippen molar-refractivity contribution >= 4 is 18.5 Å². The predicted octanol–water partition coefficient (Wildman–Crippen LogP) is -0.997. The molecule has 0 saturated heterocycles. The summed E-state index contributed by atoms with van der Waals surface area (Å²) in [6, 6.07) is 0. The van der Waals surface area contributed by atoms with Crippen molar-refractivity contribution in [2.75, 3.05) is 18.0 Å². The van der Waals surface area contributed by atoms with Crippen molar-refractivity contribution in [1.82, 2.24) is 9.97 Å². The highest BCUT2D eigenvalue weighted by Gasteiger charge is 2.12. The lowest BCUT2D eigenvalue weighted by molar-refractivity contribution is 0.425. The van der Waals surface area contributed by atoms with Crippen LogP contribution in [0.4, 0.5) is 5.95 Å². The molecule has 6 heteroatoms. The molecule has 5 nitrogen and oxygen atoms in total. The smallest absolute Gasteiger partial charge is 0.423 e. The molecule has 0 aliphatic rings. The molecule has 0 atom stereocenters. The van der Waals surface area contributed by atoms with E-state index in [1.807, 2.05) is 18.7 Å². The molecule has 1 rings (SSSR count). The Morgan fingerprint density at radius 3 is 2.07 bits per heavy atom. The molecule has 1 heterocycles. The molecule has 0 bridgehead atoms. The Labute approximate surface area is 83.6 Å². The molecule has 1 aromatic heterocycles. The van der Waals surface area contributed by atoms with Crippen molar-refractivity contribution in [3.63, 3.8) is 0 Å². The Morgan fingerprint density at radius 1 is 1.21 bits per heavy atom. The maximum Gasteiger partial charge on any atom is 0.491 e. The van der Waals surface area contributed by atoms with Crippen LogP contribution in [-0.4, -0.2) is 40.2 Å². The van der Waals surface area contributed by atoms with Gasteiger partial charge in [0.1, 0.15) is 0 Å². The lowest BCUT2D eigenvalue weighted by Gasteiger charge is -2.17. The molecule has 0 spiro atoms. The Kier molecular flexibility index (Phi) is 3.85. The molecule has 2 N–H and O–H groups in total. The van der Waals surface area contributed by atoms with Crippen LogP contribution in [0, 0.1) is 0 Å². The first-order valence-electron chi connectivity index (χ1n) is 4.62. The molecule has 0 aliphatic heterocycles. The molecule has 14 heavy (non-hydrogen) atoms. The summed E-state index contributed by atoms with van der Waals surface area (Å²) in [5, 5.41) is 17.7. The van der Waals surface area contributed by atoms with Crippen molar-refractivity contribution in [3.05, 3.63) is 12.4 Å². The van der Waals surface area contributed by atoms with E-state index in [0.29, 0.717) is 11.4 Å². The summed E-state index contributed by atoms with van der Waals surface area (Å²) >= 11 is 0. The van der Waals surface area contributed by atoms with Gasteiger partial charge < -0.3 is 14.9 Å². The van der Waals surface area contributed by atoms with Crippen LogP contribution in [0.1, 0.15) is 13.8 Å². The summed E-state index contributed by atoms with van der Waals surface area (Å²) in [5.74, 6) is 0.611. The number of hydrogen-bond donors (Lipinski definition) is 2. The van der Waals surface area contributed by atoms with E-state index >= 15 is 0 Å². The van der Waals surface area contributed by atoms with Gasteiger partial charge in [-0.3, -0.25) is 0 Å². The number of anilines is 1. The van der Waals surface area contributed by atoms with Crippen molar-refractivity contribution in [3.8, 4) is 0 Å². The molecule has 0 radical (unpaired) electrons. The van der Waals surface area contributed by atoms with Crippen LogP contribution in [0.25, 0.3) is 0 Å². The van der Waals surface area contributed by atoms with E-state index in [0.717, 1.165) is 13.1 Å². The first-order valence-corrected chi connectivity index (χ1v) is 4.62. The van der Waals surface area contributed by atoms with E-state index in [1.54, 1.807) is 0 Å². The van der Waals surface area contributed by atoms with Gasteiger partial charge in [-0.1, -0.05) is 0 Å². The van der Waals surface area contributed by atoms with E-state index in [2.05, 4.69) is 9.97 Å². The molecule has 0 unspecified atom stereocenters. The van der Waals surface area contributed by atoms with Crippen LogP contribution in [0.2, 0.25) is 0 Å². The van der Waals surface area contributed by atoms with Gasteiger partial charge in [0.2, 0.25) is 5.95 Å². The van der Waals surface area contributed by atoms with Gasteiger partial charge in [0.25, 0.3) is 0 Å². The zero-order valence-electron chi connectivity index (χ0n) is 8.38. The van der Waals surface area contributed by atoms with Crippen molar-refractivity contribution in [2.45, 2.75) is 13.8 Å². The summed E-state index contributed by atoms with van der Waals surface area (Å²) in [5.41, 5.74) is 0.306. The number of hydrogen-bond acceptors (Lipinski definition) is 5. The molecular formula is C8H14BN3O2. The van der Waals surface area contributed by atoms with Crippen molar-refractivity contribution in [2.24, 2.45) is 0 Å². The van der Waals surface area contributed by atoms with Crippen LogP contribution in [0.15, 0.2) is 12.4 Å². The fourth-order valence-electron chi connectivity index (χ4n) is 1.13. The largest absolute Gasteiger partial charge is 0.491 e. The molecule has 0 amide bonds. The highest BCUT2D eigenvalue weighted by Crippen LogP contribution is 2.02. The van der Waals surface area contributed by atoms with Crippen LogP contribution in [-0.2, 0) is 0 Å². The molecule has 0 aromatic carbocycles. The molecule has 1 aromatic rings. The Bertz CT molecular complexity index is 274. The SMILES string of the molecule is CCN(CC)c1ncc(B(O)O)cn1. The first kappa shape index (κ1) is 10.9. The minimum atomic E-state index is -1.50. The van der Waals surface area contributed by atoms with Gasteiger partial charge in [-0.15, -0.1) is 0 Å². The van der Waals surface area contributed by atoms with Gasteiger partial charge >= 0.3 is 7.12 Å². The summed E-state index contributed by atoms with van der Waals surface area (Å²) in [7, 11) is -1.50. The predicted molar refractivity (Wildman–Crippen MR) is 55.4 cm³/mol. The highest BCUT2D eigenvalue weighted by atomic mass is 16.4. The Morgan fingerprint density at radius 2 is 1.71 bits per heavy atom. The second-order valence-corrected chi connectivity index (χ2v) is 2.86. The fourth-order valence-corrected chi connectivity index (χ4v) is 1.13. The topological polar surface area (TPSA) is 69.5 Å². The third kappa shape index (κ3) is 2.43. The Balaban J connectivity index is 2.81. The number of nitrogens with zero attached hydrogens (tertiary/aromatic N) is 3. The van der Waals surface area contributed by atoms with Crippen LogP contribution in [0.3, 0.4) is 0 Å². The maximum absolute atomic E-state index is 8.83. The van der Waals surface area contributed by atoms with Gasteiger partial charge in [0.05, 0.1) is 0 Å². The summed E-state index contributed by atoms with van der Waals surface area (Å²) in [6.45, 7) is 5.69.